The summed E-state index contributed by atoms with van der Waals surface area (Å²) >= 11 is 0. The van der Waals surface area contributed by atoms with E-state index in [4.69, 9.17) is 9.47 Å². The van der Waals surface area contributed by atoms with Gasteiger partial charge in [-0.2, -0.15) is 0 Å². The van der Waals surface area contributed by atoms with Crippen LogP contribution in [0.2, 0.25) is 0 Å². The van der Waals surface area contributed by atoms with E-state index in [1.54, 1.807) is 0 Å². The van der Waals surface area contributed by atoms with Crippen LogP contribution < -0.4 is 4.74 Å². The fourth-order valence-corrected chi connectivity index (χ4v) is 3.99. The Morgan fingerprint density at radius 1 is 1.32 bits per heavy atom. The van der Waals surface area contributed by atoms with Gasteiger partial charge in [-0.15, -0.1) is 0 Å². The second-order valence-corrected chi connectivity index (χ2v) is 7.90. The lowest BCUT2D eigenvalue weighted by molar-refractivity contribution is -0.142. The predicted molar refractivity (Wildman–Crippen MR) is 113 cm³/mol. The normalized spacial score (nSPS) is 19.1. The fraction of sp³-hybridized carbons (Fsp3) is 0.542. The van der Waals surface area contributed by atoms with E-state index in [1.165, 1.54) is 12.7 Å². The molecule has 0 bridgehead atoms. The third-order valence-corrected chi connectivity index (χ3v) is 5.57. The average Bonchev–Trinajstić information content (AvgIpc) is 2.65. The van der Waals surface area contributed by atoms with Crippen LogP contribution in [-0.2, 0) is 16.0 Å². The van der Waals surface area contributed by atoms with Gasteiger partial charge >= 0.3 is 5.97 Å². The van der Waals surface area contributed by atoms with Gasteiger partial charge in [0.1, 0.15) is 11.5 Å². The van der Waals surface area contributed by atoms with Crippen molar-refractivity contribution in [2.45, 2.75) is 65.2 Å². The molecule has 2 atom stereocenters. The molecule has 0 radical (unpaired) electrons. The summed E-state index contributed by atoms with van der Waals surface area (Å²) in [6, 6.07) is 3.84. The van der Waals surface area contributed by atoms with Crippen LogP contribution in [0.4, 0.5) is 0 Å². The SMILES string of the molecule is C=C(C)[C@@H]1CC=C(C)C[C@H]1c1c(O)cc(CCCCC)cc1OCC(=O)OC. The molecule has 0 fully saturated rings. The topological polar surface area (TPSA) is 55.8 Å². The Morgan fingerprint density at radius 2 is 2.07 bits per heavy atom. The molecule has 0 spiro atoms. The zero-order valence-electron chi connectivity index (χ0n) is 17.7. The molecule has 0 saturated heterocycles. The van der Waals surface area contributed by atoms with E-state index >= 15 is 0 Å². The number of aromatic hydroxyl groups is 1. The molecule has 0 amide bonds. The highest BCUT2D eigenvalue weighted by atomic mass is 16.6. The first-order valence-corrected chi connectivity index (χ1v) is 10.2. The lowest BCUT2D eigenvalue weighted by Gasteiger charge is -2.33. The highest BCUT2D eigenvalue weighted by molar-refractivity contribution is 5.71. The van der Waals surface area contributed by atoms with Gasteiger partial charge in [-0.3, -0.25) is 0 Å². The number of carbonyl (C=O) groups is 1. The maximum atomic E-state index is 11.6. The Hall–Kier alpha value is -2.23. The summed E-state index contributed by atoms with van der Waals surface area (Å²) in [6.07, 6.45) is 8.22. The summed E-state index contributed by atoms with van der Waals surface area (Å²) in [7, 11) is 1.34. The fourth-order valence-electron chi connectivity index (χ4n) is 3.99. The maximum Gasteiger partial charge on any atom is 0.343 e. The van der Waals surface area contributed by atoms with Crippen molar-refractivity contribution < 1.29 is 19.4 Å². The zero-order chi connectivity index (χ0) is 20.7. The first kappa shape index (κ1) is 22.1. The molecular weight excluding hydrogens is 352 g/mol. The summed E-state index contributed by atoms with van der Waals surface area (Å²) in [5, 5.41) is 10.9. The number of carbonyl (C=O) groups excluding carboxylic acids is 1. The number of methoxy groups -OCH3 is 1. The number of rotatable bonds is 9. The second-order valence-electron chi connectivity index (χ2n) is 7.90. The van der Waals surface area contributed by atoms with Crippen LogP contribution in [0, 0.1) is 5.92 Å². The van der Waals surface area contributed by atoms with Gasteiger partial charge < -0.3 is 14.6 Å². The third kappa shape index (κ3) is 5.63. The minimum atomic E-state index is -0.432. The molecule has 0 saturated carbocycles. The molecule has 154 valence electrons. The van der Waals surface area contributed by atoms with Crippen molar-refractivity contribution in [1.29, 1.82) is 0 Å². The lowest BCUT2D eigenvalue weighted by atomic mass is 9.72. The largest absolute Gasteiger partial charge is 0.508 e. The van der Waals surface area contributed by atoms with Crippen molar-refractivity contribution in [3.8, 4) is 11.5 Å². The van der Waals surface area contributed by atoms with E-state index in [0.717, 1.165) is 55.2 Å². The Bertz CT molecular complexity index is 732. The van der Waals surface area contributed by atoms with Gasteiger partial charge in [-0.1, -0.05) is 43.6 Å². The van der Waals surface area contributed by atoms with E-state index in [9.17, 15) is 9.90 Å². The van der Waals surface area contributed by atoms with E-state index < -0.39 is 5.97 Å². The van der Waals surface area contributed by atoms with Crippen LogP contribution in [0.15, 0.2) is 35.9 Å². The first-order valence-electron chi connectivity index (χ1n) is 10.2. The van der Waals surface area contributed by atoms with Gasteiger partial charge in [-0.25, -0.2) is 4.79 Å². The molecule has 0 aromatic heterocycles. The molecule has 1 aromatic rings. The van der Waals surface area contributed by atoms with Crippen LogP contribution >= 0.6 is 0 Å². The van der Waals surface area contributed by atoms with Crippen molar-refractivity contribution >= 4 is 5.97 Å². The highest BCUT2D eigenvalue weighted by Crippen LogP contribution is 2.47. The molecule has 4 heteroatoms. The minimum Gasteiger partial charge on any atom is -0.508 e. The van der Waals surface area contributed by atoms with Crippen molar-refractivity contribution in [3.63, 3.8) is 0 Å². The maximum absolute atomic E-state index is 11.6. The number of phenolic OH excluding ortho intramolecular Hbond substituents is 1. The third-order valence-electron chi connectivity index (χ3n) is 5.57. The van der Waals surface area contributed by atoms with Crippen molar-refractivity contribution in [1.82, 2.24) is 0 Å². The number of esters is 1. The van der Waals surface area contributed by atoms with Gasteiger partial charge in [0.15, 0.2) is 6.61 Å². The van der Waals surface area contributed by atoms with Crippen molar-refractivity contribution in [2.24, 2.45) is 5.92 Å². The molecule has 4 nitrogen and oxygen atoms in total. The molecule has 0 unspecified atom stereocenters. The number of aryl methyl sites for hydroxylation is 1. The van der Waals surface area contributed by atoms with E-state index in [1.807, 2.05) is 19.1 Å². The molecule has 28 heavy (non-hydrogen) atoms. The smallest absolute Gasteiger partial charge is 0.343 e. The molecule has 0 aliphatic heterocycles. The number of hydrogen-bond donors (Lipinski definition) is 1. The highest BCUT2D eigenvalue weighted by Gasteiger charge is 2.31. The Balaban J connectivity index is 2.42. The van der Waals surface area contributed by atoms with Crippen LogP contribution in [0.3, 0.4) is 0 Å². The van der Waals surface area contributed by atoms with Gasteiger partial charge in [0.25, 0.3) is 0 Å². The molecular formula is C24H34O4. The van der Waals surface area contributed by atoms with Crippen molar-refractivity contribution in [2.75, 3.05) is 13.7 Å². The number of hydrogen-bond acceptors (Lipinski definition) is 4. The Labute approximate surface area is 169 Å². The van der Waals surface area contributed by atoms with E-state index in [-0.39, 0.29) is 24.2 Å². The lowest BCUT2D eigenvalue weighted by Crippen LogP contribution is -2.20. The number of unbranched alkanes of at least 4 members (excludes halogenated alkanes) is 2. The monoisotopic (exact) mass is 386 g/mol. The van der Waals surface area contributed by atoms with Gasteiger partial charge in [0.05, 0.1) is 7.11 Å². The minimum absolute atomic E-state index is 0.0832. The Morgan fingerprint density at radius 3 is 2.71 bits per heavy atom. The Kier molecular flexibility index (Phi) is 8.16. The van der Waals surface area contributed by atoms with Crippen LogP contribution in [0.1, 0.15) is 69.9 Å². The van der Waals surface area contributed by atoms with E-state index in [0.29, 0.717) is 5.75 Å². The van der Waals surface area contributed by atoms with Crippen LogP contribution in [0.25, 0.3) is 0 Å². The van der Waals surface area contributed by atoms with Crippen molar-refractivity contribution in [3.05, 3.63) is 47.1 Å². The average molecular weight is 387 g/mol. The molecule has 1 aliphatic rings. The molecule has 0 heterocycles. The summed E-state index contributed by atoms with van der Waals surface area (Å²) in [5.74, 6) is 0.724. The quantitative estimate of drug-likeness (QED) is 0.336. The second kappa shape index (κ2) is 10.4. The summed E-state index contributed by atoms with van der Waals surface area (Å²) in [4.78, 5) is 11.6. The molecule has 1 aliphatic carbocycles. The summed E-state index contributed by atoms with van der Waals surface area (Å²) in [6.45, 7) is 10.3. The number of ether oxygens (including phenoxy) is 2. The first-order chi connectivity index (χ1) is 13.4. The summed E-state index contributed by atoms with van der Waals surface area (Å²) < 4.78 is 10.6. The van der Waals surface area contributed by atoms with Crippen LogP contribution in [-0.4, -0.2) is 24.8 Å². The summed E-state index contributed by atoms with van der Waals surface area (Å²) in [5.41, 5.74) is 4.21. The van der Waals surface area contributed by atoms with Gasteiger partial charge in [-0.05, 0) is 63.1 Å². The van der Waals surface area contributed by atoms with Gasteiger partial charge in [0, 0.05) is 11.5 Å². The molecule has 2 rings (SSSR count). The number of benzene rings is 1. The molecule has 1 N–H and O–H groups in total. The van der Waals surface area contributed by atoms with Crippen LogP contribution in [0.5, 0.6) is 11.5 Å². The zero-order valence-corrected chi connectivity index (χ0v) is 17.7. The predicted octanol–water partition coefficient (Wildman–Crippen LogP) is 5.69. The van der Waals surface area contributed by atoms with Gasteiger partial charge in [0.2, 0.25) is 0 Å². The molecule has 1 aromatic carbocycles. The number of phenols is 1. The standard InChI is InChI=1S/C24H34O4/c1-6-7-8-9-18-13-21(25)24(22(14-18)28-15-23(26)27-5)20-12-17(4)10-11-19(20)16(2)3/h10,13-14,19-20,25H,2,6-9,11-12,15H2,1,3-5H3/t19-,20+/m0/s1. The number of allylic oxidation sites excluding steroid dienone is 3. The van der Waals surface area contributed by atoms with E-state index in [2.05, 4.69) is 26.5 Å².